The van der Waals surface area contributed by atoms with Crippen molar-refractivity contribution >= 4 is 27.5 Å². The lowest BCUT2D eigenvalue weighted by Crippen LogP contribution is -2.07. The predicted molar refractivity (Wildman–Crippen MR) is 79.1 cm³/mol. The van der Waals surface area contributed by atoms with E-state index < -0.39 is 0 Å². The lowest BCUT2D eigenvalue weighted by atomic mass is 10.3. The monoisotopic (exact) mass is 325 g/mol. The van der Waals surface area contributed by atoms with Crippen LogP contribution in [-0.2, 0) is 4.79 Å². The number of halogens is 1. The van der Waals surface area contributed by atoms with Crippen LogP contribution >= 0.6 is 15.9 Å². The van der Waals surface area contributed by atoms with E-state index in [4.69, 9.17) is 9.84 Å². The highest BCUT2D eigenvalue weighted by molar-refractivity contribution is 9.10. The Labute approximate surface area is 120 Å². The average Bonchev–Trinajstić information content (AvgIpc) is 2.32. The van der Waals surface area contributed by atoms with Crippen LogP contribution in [0.1, 0.15) is 13.8 Å². The summed E-state index contributed by atoms with van der Waals surface area (Å²) in [7, 11) is 0. The number of amides is 1. The molecule has 1 aromatic carbocycles. The van der Waals surface area contributed by atoms with E-state index in [0.717, 1.165) is 4.47 Å². The molecule has 19 heavy (non-hydrogen) atoms. The molecule has 5 heteroatoms. The molecule has 0 heterocycles. The molecule has 102 valence electrons. The number of benzene rings is 1. The number of carbonyl (C=O) groups excluding carboxylic acids is 1. The molecule has 1 aromatic rings. The third-order valence-electron chi connectivity index (χ3n) is 2.10. The number of hydrogen-bond acceptors (Lipinski definition) is 3. The Bertz CT molecular complexity index is 509. The van der Waals surface area contributed by atoms with E-state index in [0.29, 0.717) is 17.2 Å². The van der Waals surface area contributed by atoms with Crippen LogP contribution in [0.25, 0.3) is 0 Å². The molecule has 0 bridgehead atoms. The summed E-state index contributed by atoms with van der Waals surface area (Å²) in [5.41, 5.74) is 0.565. The van der Waals surface area contributed by atoms with Crippen LogP contribution in [0.3, 0.4) is 0 Å². The zero-order valence-corrected chi connectivity index (χ0v) is 12.4. The highest BCUT2D eigenvalue weighted by Crippen LogP contribution is 2.29. The summed E-state index contributed by atoms with van der Waals surface area (Å²) in [5.74, 6) is 0.844. The summed E-state index contributed by atoms with van der Waals surface area (Å²) < 4.78 is 6.50. The van der Waals surface area contributed by atoms with Crippen molar-refractivity contribution in [2.75, 3.05) is 11.9 Å². The number of rotatable bonds is 5. The molecule has 0 saturated carbocycles. The van der Waals surface area contributed by atoms with Crippen LogP contribution in [0.15, 0.2) is 46.7 Å². The van der Waals surface area contributed by atoms with Crippen LogP contribution in [0.2, 0.25) is 0 Å². The molecule has 1 rings (SSSR count). The Morgan fingerprint density at radius 2 is 2.26 bits per heavy atom. The molecule has 4 nitrogen and oxygen atoms in total. The van der Waals surface area contributed by atoms with Crippen molar-refractivity contribution in [1.82, 2.24) is 0 Å². The van der Waals surface area contributed by atoms with Crippen LogP contribution in [0.5, 0.6) is 5.75 Å². The highest BCUT2D eigenvalue weighted by atomic mass is 79.9. The molecule has 0 saturated heterocycles. The lowest BCUT2D eigenvalue weighted by molar-refractivity contribution is -0.114. The van der Waals surface area contributed by atoms with Gasteiger partial charge < -0.3 is 15.2 Å². The summed E-state index contributed by atoms with van der Waals surface area (Å²) >= 11 is 3.34. The molecule has 0 fully saturated rings. The molecule has 0 unspecified atom stereocenters. The van der Waals surface area contributed by atoms with E-state index in [9.17, 15) is 4.79 Å². The van der Waals surface area contributed by atoms with Crippen molar-refractivity contribution in [3.63, 3.8) is 0 Å². The largest absolute Gasteiger partial charge is 0.455 e. The lowest BCUT2D eigenvalue weighted by Gasteiger charge is -2.12. The summed E-state index contributed by atoms with van der Waals surface area (Å²) in [5, 5.41) is 11.6. The van der Waals surface area contributed by atoms with Gasteiger partial charge in [0.15, 0.2) is 5.75 Å². The third kappa shape index (κ3) is 5.28. The second-order valence-corrected chi connectivity index (χ2v) is 4.63. The first-order valence-corrected chi connectivity index (χ1v) is 6.54. The third-order valence-corrected chi connectivity index (χ3v) is 2.60. The number of anilines is 1. The van der Waals surface area contributed by atoms with Crippen molar-refractivity contribution in [1.29, 1.82) is 0 Å². The second kappa shape index (κ2) is 7.76. The zero-order chi connectivity index (χ0) is 14.3. The zero-order valence-electron chi connectivity index (χ0n) is 10.8. The maximum atomic E-state index is 11.2. The number of aliphatic hydroxyl groups excluding tert-OH is 1. The van der Waals surface area contributed by atoms with Gasteiger partial charge in [-0.2, -0.15) is 0 Å². The van der Waals surface area contributed by atoms with Gasteiger partial charge in [-0.3, -0.25) is 4.79 Å². The average molecular weight is 326 g/mol. The minimum absolute atomic E-state index is 0.119. The Kier molecular flexibility index (Phi) is 6.32. The van der Waals surface area contributed by atoms with Gasteiger partial charge in [-0.15, -0.1) is 0 Å². The van der Waals surface area contributed by atoms with Gasteiger partial charge in [0.05, 0.1) is 12.3 Å². The Morgan fingerprint density at radius 3 is 2.84 bits per heavy atom. The Balaban J connectivity index is 3.04. The van der Waals surface area contributed by atoms with Gasteiger partial charge >= 0.3 is 0 Å². The Hall–Kier alpha value is -1.59. The van der Waals surface area contributed by atoms with Crippen molar-refractivity contribution in [3.8, 4) is 5.75 Å². The second-order valence-electron chi connectivity index (χ2n) is 3.71. The fourth-order valence-electron chi connectivity index (χ4n) is 1.40. The number of carbonyl (C=O) groups is 1. The van der Waals surface area contributed by atoms with Crippen LogP contribution in [0.4, 0.5) is 5.69 Å². The smallest absolute Gasteiger partial charge is 0.221 e. The van der Waals surface area contributed by atoms with Crippen molar-refractivity contribution in [2.45, 2.75) is 13.8 Å². The molecule has 0 spiro atoms. The Morgan fingerprint density at radius 1 is 1.53 bits per heavy atom. The fraction of sp³-hybridized carbons (Fsp3) is 0.214. The van der Waals surface area contributed by atoms with Crippen LogP contribution < -0.4 is 10.1 Å². The van der Waals surface area contributed by atoms with E-state index in [2.05, 4.69) is 21.2 Å². The molecular formula is C14H16BrNO3. The van der Waals surface area contributed by atoms with Crippen LogP contribution in [0, 0.1) is 0 Å². The van der Waals surface area contributed by atoms with Gasteiger partial charge in [0.2, 0.25) is 5.91 Å². The number of hydrogen-bond donors (Lipinski definition) is 2. The first kappa shape index (κ1) is 15.5. The fourth-order valence-corrected chi connectivity index (χ4v) is 1.76. The molecule has 0 aliphatic rings. The molecule has 0 aliphatic carbocycles. The van der Waals surface area contributed by atoms with Crippen LogP contribution in [-0.4, -0.2) is 17.6 Å². The van der Waals surface area contributed by atoms with E-state index in [1.807, 2.05) is 13.0 Å². The first-order chi connectivity index (χ1) is 9.06. The number of allylic oxidation sites excluding steroid dienone is 2. The molecular weight excluding hydrogens is 310 g/mol. The van der Waals surface area contributed by atoms with Gasteiger partial charge in [0, 0.05) is 11.4 Å². The quantitative estimate of drug-likeness (QED) is 0.645. The van der Waals surface area contributed by atoms with E-state index in [-0.39, 0.29) is 12.5 Å². The highest BCUT2D eigenvalue weighted by Gasteiger charge is 2.07. The topological polar surface area (TPSA) is 58.6 Å². The minimum atomic E-state index is -0.179. The van der Waals surface area contributed by atoms with E-state index in [1.54, 1.807) is 30.4 Å². The number of aliphatic hydroxyl groups is 1. The minimum Gasteiger partial charge on any atom is -0.455 e. The normalized spacial score (nSPS) is 11.7. The van der Waals surface area contributed by atoms with E-state index >= 15 is 0 Å². The predicted octanol–water partition coefficient (Wildman–Crippen LogP) is 3.24. The molecule has 0 aliphatic heterocycles. The number of nitrogens with one attached hydrogen (secondary N) is 1. The van der Waals surface area contributed by atoms with Crippen molar-refractivity contribution in [3.05, 3.63) is 46.7 Å². The standard InChI is InChI=1S/C14H16BrNO3/c1-3-4-12(7-8-17)19-14-6-5-11(15)9-13(14)16-10(2)18/h3-7,9,17H,8H2,1-2H3,(H,16,18)/b4-3-,12-7+. The van der Waals surface area contributed by atoms with Crippen molar-refractivity contribution < 1.29 is 14.6 Å². The maximum Gasteiger partial charge on any atom is 0.221 e. The molecule has 0 atom stereocenters. The molecule has 2 N–H and O–H groups in total. The molecule has 0 radical (unpaired) electrons. The van der Waals surface area contributed by atoms with Crippen molar-refractivity contribution in [2.24, 2.45) is 0 Å². The first-order valence-electron chi connectivity index (χ1n) is 5.75. The van der Waals surface area contributed by atoms with Gasteiger partial charge in [-0.05, 0) is 37.3 Å². The van der Waals surface area contributed by atoms with Gasteiger partial charge in [0.1, 0.15) is 5.76 Å². The summed E-state index contributed by atoms with van der Waals surface area (Å²) in [6, 6.07) is 5.31. The molecule has 0 aromatic heterocycles. The molecule has 1 amide bonds. The SMILES string of the molecule is C/C=C\C(=C/CO)Oc1ccc(Br)cc1NC(C)=O. The van der Waals surface area contributed by atoms with Gasteiger partial charge in [-0.25, -0.2) is 0 Å². The number of ether oxygens (including phenoxy) is 1. The van der Waals surface area contributed by atoms with Gasteiger partial charge in [0.25, 0.3) is 0 Å². The van der Waals surface area contributed by atoms with E-state index in [1.165, 1.54) is 6.92 Å². The summed E-state index contributed by atoms with van der Waals surface area (Å²) in [4.78, 5) is 11.2. The summed E-state index contributed by atoms with van der Waals surface area (Å²) in [6.45, 7) is 3.16. The summed E-state index contributed by atoms with van der Waals surface area (Å²) in [6.07, 6.45) is 5.08. The maximum absolute atomic E-state index is 11.2. The van der Waals surface area contributed by atoms with Gasteiger partial charge in [-0.1, -0.05) is 22.0 Å².